The molecule has 0 amide bonds. The number of hydrogen-bond donors (Lipinski definition) is 0. The van der Waals surface area contributed by atoms with Crippen LogP contribution in [-0.2, 0) is 0 Å². The predicted octanol–water partition coefficient (Wildman–Crippen LogP) is 23.7. The van der Waals surface area contributed by atoms with E-state index in [0.29, 0.717) is 0 Å². The maximum atomic E-state index is 2.50. The highest BCUT2D eigenvalue weighted by Crippen LogP contribution is 2.45. The van der Waals surface area contributed by atoms with Crippen LogP contribution < -0.4 is 0 Å². The molecule has 0 aliphatic carbocycles. The largest absolute Gasteiger partial charge is 0.309 e. The second-order valence-electron chi connectivity index (χ2n) is 26.0. The highest BCUT2D eigenvalue weighted by molar-refractivity contribution is 6.27. The molecule has 16 aromatic carbocycles. The van der Waals surface area contributed by atoms with Gasteiger partial charge in [-0.25, -0.2) is 0 Å². The van der Waals surface area contributed by atoms with Gasteiger partial charge in [-0.1, -0.05) is 182 Å². The maximum Gasteiger partial charge on any atom is 0.0542 e. The Bertz CT molecular complexity index is 6150. The summed E-state index contributed by atoms with van der Waals surface area (Å²) in [6.45, 7) is 0. The Hall–Kier alpha value is -12.9. The van der Waals surface area contributed by atoms with Crippen molar-refractivity contribution in [3.63, 3.8) is 0 Å². The lowest BCUT2D eigenvalue weighted by molar-refractivity contribution is 1.16. The zero-order chi connectivity index (χ0) is 62.4. The number of nitrogens with zero attached hydrogens (tertiary/aromatic N) is 6. The van der Waals surface area contributed by atoms with Crippen LogP contribution in [0.25, 0.3) is 197 Å². The highest BCUT2D eigenvalue weighted by Gasteiger charge is 2.23. The van der Waals surface area contributed by atoms with Gasteiger partial charge in [-0.05, 0) is 178 Å². The molecule has 0 aliphatic heterocycles. The summed E-state index contributed by atoms with van der Waals surface area (Å²) in [7, 11) is 0. The quantitative estimate of drug-likeness (QED) is 0.149. The summed E-state index contributed by atoms with van der Waals surface area (Å²) in [4.78, 5) is 0. The average Bonchev–Trinajstić information content (AvgIpc) is 1.28. The summed E-state index contributed by atoms with van der Waals surface area (Å²) in [6, 6.07) is 122. The fourth-order valence-electron chi connectivity index (χ4n) is 17.1. The van der Waals surface area contributed by atoms with Gasteiger partial charge in [0.2, 0.25) is 0 Å². The van der Waals surface area contributed by atoms with E-state index in [4.69, 9.17) is 0 Å². The third-order valence-corrected chi connectivity index (χ3v) is 21.1. The van der Waals surface area contributed by atoms with Crippen LogP contribution in [0.15, 0.2) is 328 Å². The number of fused-ring (bicyclic) bond motifs is 24. The second kappa shape index (κ2) is 19.3. The molecule has 0 unspecified atom stereocenters. The van der Waals surface area contributed by atoms with Crippen molar-refractivity contribution < 1.29 is 0 Å². The van der Waals surface area contributed by atoms with Crippen molar-refractivity contribution in [3.05, 3.63) is 328 Å². The molecule has 22 rings (SSSR count). The molecule has 6 aromatic heterocycles. The fraction of sp³-hybridized carbons (Fsp3) is 0. The molecule has 6 heterocycles. The number of hydrogen-bond acceptors (Lipinski definition) is 0. The molecule has 0 aliphatic rings. The zero-order valence-electron chi connectivity index (χ0n) is 51.9. The Morgan fingerprint density at radius 1 is 0.104 bits per heavy atom. The van der Waals surface area contributed by atoms with Crippen LogP contribution in [0.5, 0.6) is 0 Å². The summed E-state index contributed by atoms with van der Waals surface area (Å²) in [5.41, 5.74) is 20.9. The van der Waals surface area contributed by atoms with Crippen LogP contribution in [-0.4, -0.2) is 27.4 Å². The summed E-state index contributed by atoms with van der Waals surface area (Å²) in [5, 5.41) is 22.1. The first-order valence-electron chi connectivity index (χ1n) is 33.1. The average molecular weight is 1220 g/mol. The molecule has 6 heteroatoms. The fourth-order valence-corrected chi connectivity index (χ4v) is 17.1. The van der Waals surface area contributed by atoms with Crippen molar-refractivity contribution in [2.24, 2.45) is 0 Å². The normalized spacial score (nSPS) is 12.4. The first-order chi connectivity index (χ1) is 47.6. The van der Waals surface area contributed by atoms with E-state index in [1.807, 2.05) is 0 Å². The lowest BCUT2D eigenvalue weighted by atomic mass is 9.93. The van der Waals surface area contributed by atoms with E-state index in [9.17, 15) is 0 Å². The molecule has 0 N–H and O–H groups in total. The molecular formula is C90H54N6. The van der Waals surface area contributed by atoms with Gasteiger partial charge in [0.25, 0.3) is 0 Å². The Morgan fingerprint density at radius 3 is 0.458 bits per heavy atom. The highest BCUT2D eigenvalue weighted by atomic mass is 15.0. The Morgan fingerprint density at radius 2 is 0.250 bits per heavy atom. The first-order valence-corrected chi connectivity index (χ1v) is 33.1. The van der Waals surface area contributed by atoms with Crippen molar-refractivity contribution in [2.45, 2.75) is 0 Å². The third-order valence-electron chi connectivity index (χ3n) is 21.1. The van der Waals surface area contributed by atoms with E-state index < -0.39 is 0 Å². The monoisotopic (exact) mass is 1220 g/mol. The van der Waals surface area contributed by atoms with Crippen molar-refractivity contribution in [1.29, 1.82) is 0 Å². The van der Waals surface area contributed by atoms with Crippen LogP contribution in [0, 0.1) is 0 Å². The number of benzene rings is 16. The Kier molecular flexibility index (Phi) is 10.4. The van der Waals surface area contributed by atoms with Gasteiger partial charge in [-0.2, -0.15) is 0 Å². The zero-order valence-corrected chi connectivity index (χ0v) is 51.9. The minimum absolute atomic E-state index is 1.11. The van der Waals surface area contributed by atoms with Gasteiger partial charge in [0.15, 0.2) is 0 Å². The van der Waals surface area contributed by atoms with Gasteiger partial charge >= 0.3 is 0 Å². The van der Waals surface area contributed by atoms with Crippen LogP contribution in [0.4, 0.5) is 0 Å². The lowest BCUT2D eigenvalue weighted by Crippen LogP contribution is -1.97. The molecule has 0 bridgehead atoms. The van der Waals surface area contributed by atoms with Crippen molar-refractivity contribution in [2.75, 3.05) is 0 Å². The number of rotatable bonds is 6. The molecular weight excluding hydrogens is 1170 g/mol. The van der Waals surface area contributed by atoms with Crippen molar-refractivity contribution >= 4 is 163 Å². The first kappa shape index (κ1) is 51.7. The summed E-state index contributed by atoms with van der Waals surface area (Å²) in [6.07, 6.45) is 0. The molecule has 0 radical (unpaired) electrons. The summed E-state index contributed by atoms with van der Waals surface area (Å²) < 4.78 is 14.8. The van der Waals surface area contributed by atoms with Crippen LogP contribution in [0.3, 0.4) is 0 Å². The van der Waals surface area contributed by atoms with E-state index >= 15 is 0 Å². The minimum Gasteiger partial charge on any atom is -0.309 e. The summed E-state index contributed by atoms with van der Waals surface area (Å²) >= 11 is 0. The molecule has 0 fully saturated rings. The Balaban J connectivity index is 0.750. The molecule has 0 saturated carbocycles. The molecule has 0 spiro atoms. The number of para-hydroxylation sites is 8. The van der Waals surface area contributed by atoms with Crippen molar-refractivity contribution in [3.8, 4) is 34.1 Å². The molecule has 96 heavy (non-hydrogen) atoms. The standard InChI is InChI=1S/C90H54N6/c1-2-20-62-61(19-1)73-49-55(95-87-45-39-57(91-79-29-11-3-21-65(79)66-22-4-12-30-80(66)91)51-75(87)76-52-58(40-46-88(76)95)92-81-31-13-5-23-67(81)68-24-6-14-32-82(68)92)37-43-63(73)64-44-38-56(50-74(62)64)96-89-47-41-59(93-83-33-15-7-25-69(83)70-26-8-16-34-84(70)93)53-77(89)78-54-60(42-48-90(78)96)94-85-35-17-9-27-71(85)72-28-10-18-36-86(72)94/h1-54H. The number of aromatic nitrogens is 6. The predicted molar refractivity (Wildman–Crippen MR) is 405 cm³/mol. The van der Waals surface area contributed by atoms with E-state index in [1.54, 1.807) is 0 Å². The van der Waals surface area contributed by atoms with Crippen LogP contribution in [0.2, 0.25) is 0 Å². The summed E-state index contributed by atoms with van der Waals surface area (Å²) in [5.74, 6) is 0. The van der Waals surface area contributed by atoms with Gasteiger partial charge in [-0.3, -0.25) is 0 Å². The molecule has 444 valence electrons. The Labute approximate surface area is 549 Å². The SMILES string of the molecule is c1ccc2c(c1)c1cc(-n3c4ccc(-n5c6ccccc6c6ccccc65)cc4c4cc(-n5c6ccccc6c6ccccc65)ccc43)ccc1c1ccc(-n3c4ccc(-n5c6ccccc6c6ccccc65)cc4c4cc(-n5c6ccccc6c6ccccc65)ccc43)cc21. The topological polar surface area (TPSA) is 29.6 Å². The van der Waals surface area contributed by atoms with Gasteiger partial charge in [-0.15, -0.1) is 0 Å². The molecule has 22 aromatic rings. The van der Waals surface area contributed by atoms with Gasteiger partial charge < -0.3 is 27.4 Å². The van der Waals surface area contributed by atoms with Gasteiger partial charge in [0.1, 0.15) is 0 Å². The molecule has 0 atom stereocenters. The van der Waals surface area contributed by atoms with Crippen LogP contribution >= 0.6 is 0 Å². The van der Waals surface area contributed by atoms with E-state index in [1.165, 1.54) is 141 Å². The lowest BCUT2D eigenvalue weighted by Gasteiger charge is -2.16. The molecule has 6 nitrogen and oxygen atoms in total. The smallest absolute Gasteiger partial charge is 0.0542 e. The van der Waals surface area contributed by atoms with Gasteiger partial charge in [0, 0.05) is 98.8 Å². The third kappa shape index (κ3) is 7.03. The van der Waals surface area contributed by atoms with Crippen molar-refractivity contribution in [1.82, 2.24) is 27.4 Å². The maximum absolute atomic E-state index is 2.50. The molecule has 0 saturated heterocycles. The van der Waals surface area contributed by atoms with E-state index in [0.717, 1.165) is 56.2 Å². The van der Waals surface area contributed by atoms with Gasteiger partial charge in [0.05, 0.1) is 66.2 Å². The van der Waals surface area contributed by atoms with E-state index in [2.05, 4.69) is 355 Å². The van der Waals surface area contributed by atoms with Crippen LogP contribution in [0.1, 0.15) is 0 Å². The van der Waals surface area contributed by atoms with E-state index in [-0.39, 0.29) is 0 Å². The minimum atomic E-state index is 1.11. The second-order valence-corrected chi connectivity index (χ2v) is 26.0.